The van der Waals surface area contributed by atoms with Crippen molar-refractivity contribution in [1.82, 2.24) is 9.97 Å². The Labute approximate surface area is 335 Å². The summed E-state index contributed by atoms with van der Waals surface area (Å²) >= 11 is 0. The summed E-state index contributed by atoms with van der Waals surface area (Å²) in [5.74, 6) is 0.769. The maximum absolute atomic E-state index is 5.47. The summed E-state index contributed by atoms with van der Waals surface area (Å²) in [5.41, 5.74) is 17.4. The van der Waals surface area contributed by atoms with Crippen LogP contribution in [0, 0.1) is 0 Å². The Morgan fingerprint density at radius 2 is 0.702 bits per heavy atom. The first-order valence-electron chi connectivity index (χ1n) is 19.6. The predicted octanol–water partition coefficient (Wildman–Crippen LogP) is 12.9. The lowest BCUT2D eigenvalue weighted by Crippen LogP contribution is -2.50. The molecule has 0 spiro atoms. The number of aromatic nitrogens is 2. The third-order valence-corrected chi connectivity index (χ3v) is 14.8. The van der Waals surface area contributed by atoms with E-state index >= 15 is 0 Å². The van der Waals surface area contributed by atoms with Crippen molar-refractivity contribution >= 4 is 18.6 Å². The number of hydrogen-bond donors (Lipinski definition) is 0. The van der Waals surface area contributed by atoms with Gasteiger partial charge in [-0.05, 0) is 96.7 Å². The largest absolute Gasteiger partial charge is 0.237 e. The highest BCUT2D eigenvalue weighted by Gasteiger charge is 2.41. The summed E-state index contributed by atoms with van der Waals surface area (Å²) in [4.78, 5) is 10.9. The van der Waals surface area contributed by atoms with E-state index < -0.39 is 8.07 Å². The summed E-state index contributed by atoms with van der Waals surface area (Å²) in [6.07, 6.45) is 0. The summed E-state index contributed by atoms with van der Waals surface area (Å²) < 4.78 is 0. The number of rotatable bonds is 7. The van der Waals surface area contributed by atoms with Crippen LogP contribution in [0.25, 0.3) is 89.4 Å². The molecule has 0 bridgehead atoms. The fourth-order valence-electron chi connectivity index (χ4n) is 8.44. The molecule has 0 aliphatic carbocycles. The van der Waals surface area contributed by atoms with Crippen LogP contribution in [0.5, 0.6) is 0 Å². The molecule has 2 nitrogen and oxygen atoms in total. The summed E-state index contributed by atoms with van der Waals surface area (Å²) in [7, 11) is -2.11. The van der Waals surface area contributed by atoms with Gasteiger partial charge in [0.1, 0.15) is 8.07 Å². The lowest BCUT2D eigenvalue weighted by atomic mass is 9.92. The highest BCUT2D eigenvalue weighted by atomic mass is 28.3. The molecule has 0 saturated carbocycles. The average molecular weight is 745 g/mol. The zero-order valence-corrected chi connectivity index (χ0v) is 33.0. The van der Waals surface area contributed by atoms with E-state index in [0.717, 1.165) is 33.8 Å². The minimum Gasteiger partial charge on any atom is -0.237 e. The molecule has 0 amide bonds. The molecule has 57 heavy (non-hydrogen) atoms. The van der Waals surface area contributed by atoms with Gasteiger partial charge in [0, 0.05) is 22.0 Å². The van der Waals surface area contributed by atoms with Crippen molar-refractivity contribution in [3.63, 3.8) is 0 Å². The van der Waals surface area contributed by atoms with Gasteiger partial charge in [-0.1, -0.05) is 189 Å². The zero-order chi connectivity index (χ0) is 38.3. The minimum absolute atomic E-state index is 0.769. The number of fused-ring (bicyclic) bond motifs is 3. The molecule has 0 saturated heterocycles. The van der Waals surface area contributed by atoms with Gasteiger partial charge in [0.15, 0.2) is 5.82 Å². The van der Waals surface area contributed by atoms with Gasteiger partial charge in [-0.15, -0.1) is 0 Å². The van der Waals surface area contributed by atoms with E-state index in [1.54, 1.807) is 0 Å². The Balaban J connectivity index is 1.07. The van der Waals surface area contributed by atoms with Crippen molar-refractivity contribution in [2.75, 3.05) is 0 Å². The van der Waals surface area contributed by atoms with Crippen molar-refractivity contribution in [1.29, 1.82) is 0 Å². The molecule has 2 heterocycles. The number of nitrogens with zero attached hydrogens (tertiary/aromatic N) is 2. The second-order valence-corrected chi connectivity index (χ2v) is 19.7. The van der Waals surface area contributed by atoms with Crippen molar-refractivity contribution in [3.05, 3.63) is 206 Å². The van der Waals surface area contributed by atoms with Gasteiger partial charge in [0.05, 0.1) is 5.69 Å². The van der Waals surface area contributed by atoms with Crippen LogP contribution in [0.3, 0.4) is 0 Å². The monoisotopic (exact) mass is 744 g/mol. The first kappa shape index (κ1) is 34.5. The Hall–Kier alpha value is -6.94. The first-order valence-corrected chi connectivity index (χ1v) is 22.6. The maximum Gasteiger partial charge on any atom is 0.159 e. The summed E-state index contributed by atoms with van der Waals surface area (Å²) in [5, 5.41) is 2.63. The smallest absolute Gasteiger partial charge is 0.159 e. The molecular weight excluding hydrogens is 705 g/mol. The van der Waals surface area contributed by atoms with Gasteiger partial charge < -0.3 is 0 Å². The Morgan fingerprint density at radius 1 is 0.316 bits per heavy atom. The SMILES string of the molecule is C[Si]1(C)c2ccccc2-c2c(-c3ccc(-c4ccccc4)cc3)nc(-c3cccc(-c4cccc(-c5cc(-c6ccccc6)cc(-c6ccccc6)c5)c4)c3)nc21. The maximum atomic E-state index is 5.47. The topological polar surface area (TPSA) is 25.8 Å². The van der Waals surface area contributed by atoms with Gasteiger partial charge in [0.2, 0.25) is 0 Å². The second kappa shape index (κ2) is 14.3. The van der Waals surface area contributed by atoms with E-state index in [1.165, 1.54) is 66.1 Å². The molecule has 0 unspecified atom stereocenters. The van der Waals surface area contributed by atoms with Gasteiger partial charge >= 0.3 is 0 Å². The molecule has 1 aromatic heterocycles. The van der Waals surface area contributed by atoms with Crippen LogP contribution in [0.4, 0.5) is 0 Å². The molecule has 0 N–H and O–H groups in total. The van der Waals surface area contributed by atoms with E-state index in [9.17, 15) is 0 Å². The third kappa shape index (κ3) is 6.42. The van der Waals surface area contributed by atoms with E-state index in [-0.39, 0.29) is 0 Å². The van der Waals surface area contributed by atoms with Crippen LogP contribution in [0.2, 0.25) is 13.1 Å². The quantitative estimate of drug-likeness (QED) is 0.152. The highest BCUT2D eigenvalue weighted by molar-refractivity contribution is 7.03. The number of hydrogen-bond acceptors (Lipinski definition) is 2. The van der Waals surface area contributed by atoms with Gasteiger partial charge in [0.25, 0.3) is 0 Å². The lowest BCUT2D eigenvalue weighted by Gasteiger charge is -2.19. The molecular formula is C54H40N2Si. The van der Waals surface area contributed by atoms with E-state index in [4.69, 9.17) is 9.97 Å². The average Bonchev–Trinajstić information content (AvgIpc) is 3.52. The summed E-state index contributed by atoms with van der Waals surface area (Å²) in [6.45, 7) is 4.85. The van der Waals surface area contributed by atoms with Gasteiger partial charge in [-0.2, -0.15) is 0 Å². The minimum atomic E-state index is -2.11. The normalized spacial score (nSPS) is 12.5. The van der Waals surface area contributed by atoms with Crippen LogP contribution in [-0.2, 0) is 0 Å². The van der Waals surface area contributed by atoms with E-state index in [2.05, 4.69) is 219 Å². The van der Waals surface area contributed by atoms with Gasteiger partial charge in [-0.25, -0.2) is 9.97 Å². The Morgan fingerprint density at radius 3 is 1.28 bits per heavy atom. The zero-order valence-electron chi connectivity index (χ0n) is 32.0. The molecule has 0 radical (unpaired) electrons. The molecule has 1 aliphatic rings. The van der Waals surface area contributed by atoms with Crippen LogP contribution < -0.4 is 10.5 Å². The van der Waals surface area contributed by atoms with Crippen LogP contribution in [0.1, 0.15) is 0 Å². The highest BCUT2D eigenvalue weighted by Crippen LogP contribution is 2.39. The van der Waals surface area contributed by atoms with E-state index in [1.807, 2.05) is 0 Å². The Kier molecular flexibility index (Phi) is 8.66. The molecule has 8 aromatic carbocycles. The third-order valence-electron chi connectivity index (χ3n) is 11.4. The van der Waals surface area contributed by atoms with Crippen molar-refractivity contribution in [3.8, 4) is 89.4 Å². The molecule has 0 atom stereocenters. The molecule has 0 fully saturated rings. The van der Waals surface area contributed by atoms with Crippen molar-refractivity contribution in [2.45, 2.75) is 13.1 Å². The predicted molar refractivity (Wildman–Crippen MR) is 242 cm³/mol. The van der Waals surface area contributed by atoms with E-state index in [0.29, 0.717) is 0 Å². The van der Waals surface area contributed by atoms with Crippen LogP contribution in [-0.4, -0.2) is 18.0 Å². The molecule has 10 rings (SSSR count). The molecule has 270 valence electrons. The fraction of sp³-hybridized carbons (Fsp3) is 0.0370. The van der Waals surface area contributed by atoms with Crippen LogP contribution in [0.15, 0.2) is 206 Å². The standard InChI is InChI=1S/C54H40N2Si/c1-57(2)50-27-13-12-26-49(50)51-52(41-30-28-40(29-31-41)37-16-6-3-7-17-37)55-53(56-54(51)57)45-25-15-23-43(33-45)42-22-14-24-44(32-42)48-35-46(38-18-8-4-9-19-38)34-47(36-48)39-20-10-5-11-21-39/h3-36H,1-2H3. The second-order valence-electron chi connectivity index (χ2n) is 15.4. The molecule has 9 aromatic rings. The number of benzene rings is 8. The summed E-state index contributed by atoms with van der Waals surface area (Å²) in [6, 6.07) is 74.2. The Bertz CT molecular complexity index is 2840. The fourth-order valence-corrected chi connectivity index (χ4v) is 11.3. The van der Waals surface area contributed by atoms with Crippen molar-refractivity contribution in [2.24, 2.45) is 0 Å². The van der Waals surface area contributed by atoms with Crippen molar-refractivity contribution < 1.29 is 0 Å². The first-order chi connectivity index (χ1) is 28.0. The van der Waals surface area contributed by atoms with Gasteiger partial charge in [-0.3, -0.25) is 0 Å². The molecule has 1 aliphatic heterocycles. The lowest BCUT2D eigenvalue weighted by molar-refractivity contribution is 1.21. The molecule has 3 heteroatoms. The van der Waals surface area contributed by atoms with Crippen LogP contribution >= 0.6 is 0 Å².